The van der Waals surface area contributed by atoms with Crippen LogP contribution in [0.4, 0.5) is 13.2 Å². The van der Waals surface area contributed by atoms with E-state index < -0.39 is 18.2 Å². The van der Waals surface area contributed by atoms with Crippen LogP contribution in [-0.2, 0) is 4.74 Å². The van der Waals surface area contributed by atoms with Crippen LogP contribution in [0.25, 0.3) is 0 Å². The molecule has 104 valence electrons. The van der Waals surface area contributed by atoms with E-state index in [0.29, 0.717) is 19.4 Å². The second-order valence-electron chi connectivity index (χ2n) is 5.28. The van der Waals surface area contributed by atoms with Crippen LogP contribution in [0.2, 0.25) is 0 Å². The molecule has 1 N–H and O–H groups in total. The minimum absolute atomic E-state index is 0.0437. The first-order chi connectivity index (χ1) is 8.48. The van der Waals surface area contributed by atoms with Crippen LogP contribution < -0.4 is 0 Å². The highest BCUT2D eigenvalue weighted by atomic mass is 19.4. The minimum atomic E-state index is -4.13. The van der Waals surface area contributed by atoms with Gasteiger partial charge in [0.25, 0.3) is 0 Å². The third kappa shape index (κ3) is 3.19. The van der Waals surface area contributed by atoms with E-state index in [4.69, 9.17) is 4.74 Å². The molecule has 5 heteroatoms. The van der Waals surface area contributed by atoms with Gasteiger partial charge in [0, 0.05) is 0 Å². The quantitative estimate of drug-likeness (QED) is 0.828. The van der Waals surface area contributed by atoms with E-state index >= 15 is 0 Å². The van der Waals surface area contributed by atoms with Crippen LogP contribution in [-0.4, -0.2) is 24.0 Å². The van der Waals surface area contributed by atoms with E-state index in [1.807, 2.05) is 0 Å². The highest BCUT2D eigenvalue weighted by Crippen LogP contribution is 2.42. The summed E-state index contributed by atoms with van der Waals surface area (Å²) in [5.41, 5.74) is 0.758. The zero-order valence-electron chi connectivity index (χ0n) is 10.2. The maximum Gasteiger partial charge on any atom is 0.391 e. The maximum absolute atomic E-state index is 12.7. The lowest BCUT2D eigenvalue weighted by Gasteiger charge is -2.34. The molecule has 3 atom stereocenters. The zero-order valence-corrected chi connectivity index (χ0v) is 10.2. The van der Waals surface area contributed by atoms with Crippen molar-refractivity contribution >= 4 is 0 Å². The first kappa shape index (κ1) is 13.7. The van der Waals surface area contributed by atoms with Gasteiger partial charge in [-0.1, -0.05) is 6.42 Å². The Morgan fingerprint density at radius 3 is 2.67 bits per heavy atom. The predicted molar refractivity (Wildman–Crippen MR) is 60.8 cm³/mol. The van der Waals surface area contributed by atoms with Gasteiger partial charge in [-0.05, 0) is 43.6 Å². The molecule has 0 aromatic carbocycles. The molecule has 0 bridgehead atoms. The molecule has 2 aliphatic rings. The van der Waals surface area contributed by atoms with Crippen LogP contribution in [0.15, 0.2) is 11.8 Å². The molecule has 0 radical (unpaired) electrons. The third-order valence-electron chi connectivity index (χ3n) is 3.97. The number of rotatable bonds is 2. The second kappa shape index (κ2) is 5.51. The van der Waals surface area contributed by atoms with E-state index in [2.05, 4.69) is 0 Å². The topological polar surface area (TPSA) is 29.5 Å². The lowest BCUT2D eigenvalue weighted by molar-refractivity contribution is -0.188. The Morgan fingerprint density at radius 1 is 1.28 bits per heavy atom. The Labute approximate surface area is 105 Å². The van der Waals surface area contributed by atoms with E-state index in [0.717, 1.165) is 18.4 Å². The van der Waals surface area contributed by atoms with E-state index in [9.17, 15) is 18.3 Å². The highest BCUT2D eigenvalue weighted by molar-refractivity contribution is 5.09. The van der Waals surface area contributed by atoms with Crippen molar-refractivity contribution in [2.45, 2.75) is 50.8 Å². The molecule has 0 saturated heterocycles. The molecule has 2 nitrogen and oxygen atoms in total. The van der Waals surface area contributed by atoms with Gasteiger partial charge in [-0.3, -0.25) is 0 Å². The Morgan fingerprint density at radius 2 is 2.06 bits per heavy atom. The first-order valence-corrected chi connectivity index (χ1v) is 6.54. The summed E-state index contributed by atoms with van der Waals surface area (Å²) in [5, 5.41) is 10.2. The molecular weight excluding hydrogens is 245 g/mol. The molecule has 0 amide bonds. The molecule has 0 aromatic heterocycles. The third-order valence-corrected chi connectivity index (χ3v) is 3.97. The van der Waals surface area contributed by atoms with Gasteiger partial charge in [-0.15, -0.1) is 0 Å². The molecule has 1 heterocycles. The van der Waals surface area contributed by atoms with E-state index in [1.165, 1.54) is 6.26 Å². The summed E-state index contributed by atoms with van der Waals surface area (Å²) in [5.74, 6) is -1.53. The number of aliphatic hydroxyl groups excluding tert-OH is 1. The smallest absolute Gasteiger partial charge is 0.391 e. The Kier molecular flexibility index (Phi) is 4.20. The number of alkyl halides is 3. The molecule has 1 aliphatic carbocycles. The number of halogens is 3. The fourth-order valence-electron chi connectivity index (χ4n) is 2.92. The Bertz CT molecular complexity index is 312. The number of aliphatic hydroxyl groups is 1. The summed E-state index contributed by atoms with van der Waals surface area (Å²) < 4.78 is 43.2. The van der Waals surface area contributed by atoms with Crippen LogP contribution >= 0.6 is 0 Å². The molecule has 1 saturated carbocycles. The van der Waals surface area contributed by atoms with Gasteiger partial charge in [0.1, 0.15) is 0 Å². The Hall–Kier alpha value is -0.710. The SMILES string of the molecule is OC(C1=COCCC1)C1CCCC(C(F)(F)F)C1. The molecule has 18 heavy (non-hydrogen) atoms. The molecule has 0 spiro atoms. The lowest BCUT2D eigenvalue weighted by Crippen LogP contribution is -2.34. The monoisotopic (exact) mass is 264 g/mol. The van der Waals surface area contributed by atoms with Gasteiger partial charge < -0.3 is 9.84 Å². The molecule has 1 fully saturated rings. The molecule has 2 rings (SSSR count). The summed E-state index contributed by atoms with van der Waals surface area (Å²) in [6, 6.07) is 0. The summed E-state index contributed by atoms with van der Waals surface area (Å²) in [4.78, 5) is 0. The second-order valence-corrected chi connectivity index (χ2v) is 5.28. The summed E-state index contributed by atoms with van der Waals surface area (Å²) >= 11 is 0. The van der Waals surface area contributed by atoms with Gasteiger partial charge in [-0.25, -0.2) is 0 Å². The molecule has 0 aromatic rings. The van der Waals surface area contributed by atoms with Gasteiger partial charge >= 0.3 is 6.18 Å². The number of hydrogen-bond donors (Lipinski definition) is 1. The van der Waals surface area contributed by atoms with Gasteiger partial charge in [-0.2, -0.15) is 13.2 Å². The van der Waals surface area contributed by atoms with E-state index in [1.54, 1.807) is 0 Å². The molecule has 3 unspecified atom stereocenters. The van der Waals surface area contributed by atoms with Crippen LogP contribution in [0.1, 0.15) is 38.5 Å². The summed E-state index contributed by atoms with van der Waals surface area (Å²) in [6.07, 6.45) is -0.348. The van der Waals surface area contributed by atoms with Crippen LogP contribution in [0.5, 0.6) is 0 Å². The molecule has 1 aliphatic heterocycles. The van der Waals surface area contributed by atoms with Crippen molar-refractivity contribution in [1.29, 1.82) is 0 Å². The maximum atomic E-state index is 12.7. The van der Waals surface area contributed by atoms with Gasteiger partial charge in [0.05, 0.1) is 24.9 Å². The largest absolute Gasteiger partial charge is 0.501 e. The predicted octanol–water partition coefficient (Wildman–Crippen LogP) is 3.41. The average molecular weight is 264 g/mol. The Balaban J connectivity index is 1.98. The van der Waals surface area contributed by atoms with Crippen molar-refractivity contribution in [3.63, 3.8) is 0 Å². The summed E-state index contributed by atoms with van der Waals surface area (Å²) in [7, 11) is 0. The number of ether oxygens (including phenoxy) is 1. The number of hydrogen-bond acceptors (Lipinski definition) is 2. The fraction of sp³-hybridized carbons (Fsp3) is 0.846. The fourth-order valence-corrected chi connectivity index (χ4v) is 2.92. The van der Waals surface area contributed by atoms with Crippen LogP contribution in [0, 0.1) is 11.8 Å². The normalized spacial score (nSPS) is 31.4. The van der Waals surface area contributed by atoms with Crippen molar-refractivity contribution in [3.05, 3.63) is 11.8 Å². The average Bonchev–Trinajstić information content (AvgIpc) is 2.38. The molecular formula is C13H19F3O2. The summed E-state index contributed by atoms with van der Waals surface area (Å²) in [6.45, 7) is 0.631. The van der Waals surface area contributed by atoms with Crippen molar-refractivity contribution in [1.82, 2.24) is 0 Å². The van der Waals surface area contributed by atoms with Crippen molar-refractivity contribution < 1.29 is 23.0 Å². The van der Waals surface area contributed by atoms with Gasteiger partial charge in [0.2, 0.25) is 0 Å². The highest BCUT2D eigenvalue weighted by Gasteiger charge is 2.43. The van der Waals surface area contributed by atoms with E-state index in [-0.39, 0.29) is 18.8 Å². The minimum Gasteiger partial charge on any atom is -0.501 e. The lowest BCUT2D eigenvalue weighted by atomic mass is 9.76. The van der Waals surface area contributed by atoms with Crippen molar-refractivity contribution in [2.24, 2.45) is 11.8 Å². The first-order valence-electron chi connectivity index (χ1n) is 6.54. The van der Waals surface area contributed by atoms with Crippen molar-refractivity contribution in [2.75, 3.05) is 6.61 Å². The van der Waals surface area contributed by atoms with Crippen LogP contribution in [0.3, 0.4) is 0 Å². The van der Waals surface area contributed by atoms with Gasteiger partial charge in [0.15, 0.2) is 0 Å². The zero-order chi connectivity index (χ0) is 13.2. The standard InChI is InChI=1S/C13H19F3O2/c14-13(15,16)11-5-1-3-9(7-11)12(17)10-4-2-6-18-8-10/h8-9,11-12,17H,1-7H2. The van der Waals surface area contributed by atoms with Crippen molar-refractivity contribution in [3.8, 4) is 0 Å².